The lowest BCUT2D eigenvalue weighted by Gasteiger charge is -2.21. The monoisotopic (exact) mass is 426 g/mol. The van der Waals surface area contributed by atoms with Crippen molar-refractivity contribution in [2.24, 2.45) is 0 Å². The first kappa shape index (κ1) is 21.7. The predicted octanol–water partition coefficient (Wildman–Crippen LogP) is 2.89. The molecule has 1 aromatic heterocycles. The first-order valence-electron chi connectivity index (χ1n) is 9.69. The van der Waals surface area contributed by atoms with E-state index in [9.17, 15) is 13.2 Å². The van der Waals surface area contributed by atoms with Crippen molar-refractivity contribution in [2.75, 3.05) is 7.05 Å². The first-order valence-corrected chi connectivity index (χ1v) is 11.1. The summed E-state index contributed by atoms with van der Waals surface area (Å²) in [7, 11) is -2.12. The first-order chi connectivity index (χ1) is 14.3. The minimum absolute atomic E-state index is 0.102. The summed E-state index contributed by atoms with van der Waals surface area (Å²) < 4.78 is 28.5. The van der Waals surface area contributed by atoms with E-state index in [1.807, 2.05) is 41.2 Å². The largest absolute Gasteiger partial charge is 0.348 e. The molecule has 1 N–H and O–H groups in total. The number of hydrogen-bond donors (Lipinski definition) is 1. The summed E-state index contributed by atoms with van der Waals surface area (Å²) in [5.74, 6) is -0.326. The normalized spacial score (nSPS) is 11.8. The number of nitrogens with zero attached hydrogens (tertiary/aromatic N) is 3. The van der Waals surface area contributed by atoms with Gasteiger partial charge in [-0.05, 0) is 49.2 Å². The van der Waals surface area contributed by atoms with Crippen molar-refractivity contribution in [1.82, 2.24) is 19.4 Å². The van der Waals surface area contributed by atoms with Gasteiger partial charge in [-0.2, -0.15) is 9.40 Å². The standard InChI is InChI=1S/C22H26N4O3S/c1-17(2)25(3)30(28,29)21-11-6-10-18(14-21)22(27)23-15-19-8-4-5-9-20(19)16-26-13-7-12-24-26/h4-14,17H,15-16H2,1-3H3,(H,23,27). The van der Waals surface area contributed by atoms with E-state index in [1.165, 1.54) is 23.5 Å². The Bertz CT molecular complexity index is 1110. The lowest BCUT2D eigenvalue weighted by atomic mass is 10.1. The highest BCUT2D eigenvalue weighted by Crippen LogP contribution is 2.18. The Morgan fingerprint density at radius 2 is 1.83 bits per heavy atom. The summed E-state index contributed by atoms with van der Waals surface area (Å²) in [6, 6.07) is 15.6. The van der Waals surface area contributed by atoms with Crippen molar-refractivity contribution in [3.05, 3.63) is 83.7 Å². The zero-order valence-electron chi connectivity index (χ0n) is 17.3. The van der Waals surface area contributed by atoms with Gasteiger partial charge in [0.2, 0.25) is 10.0 Å². The van der Waals surface area contributed by atoms with E-state index >= 15 is 0 Å². The molecule has 30 heavy (non-hydrogen) atoms. The van der Waals surface area contributed by atoms with Crippen LogP contribution in [0.5, 0.6) is 0 Å². The number of carbonyl (C=O) groups excluding carboxylic acids is 1. The average molecular weight is 427 g/mol. The van der Waals surface area contributed by atoms with Crippen molar-refractivity contribution >= 4 is 15.9 Å². The third-order valence-corrected chi connectivity index (χ3v) is 6.98. The number of sulfonamides is 1. The molecule has 2 aromatic carbocycles. The molecule has 8 heteroatoms. The summed E-state index contributed by atoms with van der Waals surface area (Å²) in [6.07, 6.45) is 3.61. The number of aromatic nitrogens is 2. The van der Waals surface area contributed by atoms with Gasteiger partial charge in [-0.15, -0.1) is 0 Å². The van der Waals surface area contributed by atoms with Crippen LogP contribution in [0.2, 0.25) is 0 Å². The number of benzene rings is 2. The van der Waals surface area contributed by atoms with Crippen LogP contribution >= 0.6 is 0 Å². The second-order valence-corrected chi connectivity index (χ2v) is 9.30. The Hall–Kier alpha value is -2.97. The molecule has 158 valence electrons. The number of rotatable bonds is 8. The molecule has 0 spiro atoms. The van der Waals surface area contributed by atoms with E-state index in [2.05, 4.69) is 10.4 Å². The van der Waals surface area contributed by atoms with E-state index in [0.717, 1.165) is 11.1 Å². The van der Waals surface area contributed by atoms with Crippen LogP contribution in [0, 0.1) is 0 Å². The Balaban J connectivity index is 1.74. The molecule has 0 radical (unpaired) electrons. The summed E-state index contributed by atoms with van der Waals surface area (Å²) in [5, 5.41) is 7.11. The van der Waals surface area contributed by atoms with E-state index in [-0.39, 0.29) is 16.8 Å². The van der Waals surface area contributed by atoms with Crippen LogP contribution in [0.3, 0.4) is 0 Å². The Morgan fingerprint density at radius 1 is 1.10 bits per heavy atom. The number of nitrogens with one attached hydrogen (secondary N) is 1. The maximum atomic E-state index is 12.7. The fourth-order valence-electron chi connectivity index (χ4n) is 2.97. The van der Waals surface area contributed by atoms with E-state index < -0.39 is 10.0 Å². The zero-order chi connectivity index (χ0) is 21.7. The van der Waals surface area contributed by atoms with Gasteiger partial charge < -0.3 is 5.32 Å². The van der Waals surface area contributed by atoms with Crippen LogP contribution in [0.25, 0.3) is 0 Å². The fraction of sp³-hybridized carbons (Fsp3) is 0.273. The third-order valence-electron chi connectivity index (χ3n) is 4.95. The molecular weight excluding hydrogens is 400 g/mol. The molecule has 0 aliphatic carbocycles. The Labute approximate surface area is 177 Å². The van der Waals surface area contributed by atoms with Gasteiger partial charge in [-0.3, -0.25) is 9.48 Å². The quantitative estimate of drug-likeness (QED) is 0.600. The predicted molar refractivity (Wildman–Crippen MR) is 115 cm³/mol. The molecule has 0 atom stereocenters. The van der Waals surface area contributed by atoms with Gasteiger partial charge in [0.25, 0.3) is 5.91 Å². The smallest absolute Gasteiger partial charge is 0.251 e. The Kier molecular flexibility index (Phi) is 6.69. The van der Waals surface area contributed by atoms with Crippen molar-refractivity contribution in [3.63, 3.8) is 0 Å². The van der Waals surface area contributed by atoms with E-state index in [1.54, 1.807) is 32.2 Å². The number of carbonyl (C=O) groups is 1. The van der Waals surface area contributed by atoms with Crippen LogP contribution in [-0.4, -0.2) is 41.5 Å². The van der Waals surface area contributed by atoms with Crippen LogP contribution < -0.4 is 5.32 Å². The second kappa shape index (κ2) is 9.23. The summed E-state index contributed by atoms with van der Waals surface area (Å²) in [5.41, 5.74) is 2.33. The van der Waals surface area contributed by atoms with E-state index in [4.69, 9.17) is 0 Å². The summed E-state index contributed by atoms with van der Waals surface area (Å²) >= 11 is 0. The van der Waals surface area contributed by atoms with Crippen LogP contribution in [0.15, 0.2) is 71.9 Å². The molecule has 3 aromatic rings. The van der Waals surface area contributed by atoms with Crippen molar-refractivity contribution in [1.29, 1.82) is 0 Å². The average Bonchev–Trinajstić information content (AvgIpc) is 3.25. The van der Waals surface area contributed by atoms with Gasteiger partial charge in [-0.25, -0.2) is 8.42 Å². The molecule has 0 saturated carbocycles. The van der Waals surface area contributed by atoms with Gasteiger partial charge in [0.05, 0.1) is 11.4 Å². The van der Waals surface area contributed by atoms with Gasteiger partial charge in [0, 0.05) is 37.6 Å². The molecule has 0 saturated heterocycles. The summed E-state index contributed by atoms with van der Waals surface area (Å²) in [6.45, 7) is 4.54. The minimum Gasteiger partial charge on any atom is -0.348 e. The molecule has 0 fully saturated rings. The molecule has 3 rings (SSSR count). The van der Waals surface area contributed by atoms with Crippen molar-refractivity contribution < 1.29 is 13.2 Å². The van der Waals surface area contributed by atoms with Gasteiger partial charge in [-0.1, -0.05) is 30.3 Å². The van der Waals surface area contributed by atoms with Crippen molar-refractivity contribution in [2.45, 2.75) is 37.9 Å². The Morgan fingerprint density at radius 3 is 2.50 bits per heavy atom. The van der Waals surface area contributed by atoms with Crippen molar-refractivity contribution in [3.8, 4) is 0 Å². The molecule has 1 heterocycles. The second-order valence-electron chi connectivity index (χ2n) is 7.30. The fourth-order valence-corrected chi connectivity index (χ4v) is 4.39. The maximum Gasteiger partial charge on any atom is 0.251 e. The third kappa shape index (κ3) is 4.95. The highest BCUT2D eigenvalue weighted by molar-refractivity contribution is 7.89. The number of amides is 1. The molecule has 0 bridgehead atoms. The van der Waals surface area contributed by atoms with E-state index in [0.29, 0.717) is 18.7 Å². The summed E-state index contributed by atoms with van der Waals surface area (Å²) in [4.78, 5) is 12.8. The maximum absolute atomic E-state index is 12.7. The lowest BCUT2D eigenvalue weighted by Crippen LogP contribution is -2.33. The lowest BCUT2D eigenvalue weighted by molar-refractivity contribution is 0.0950. The highest BCUT2D eigenvalue weighted by Gasteiger charge is 2.23. The SMILES string of the molecule is CC(C)N(C)S(=O)(=O)c1cccc(C(=O)NCc2ccccc2Cn2cccn2)c1. The topological polar surface area (TPSA) is 84.3 Å². The molecule has 7 nitrogen and oxygen atoms in total. The van der Waals surface area contributed by atoms with Crippen LogP contribution in [0.4, 0.5) is 0 Å². The van der Waals surface area contributed by atoms with Crippen LogP contribution in [-0.2, 0) is 23.1 Å². The van der Waals surface area contributed by atoms with Gasteiger partial charge >= 0.3 is 0 Å². The molecule has 0 aliphatic heterocycles. The molecule has 0 unspecified atom stereocenters. The van der Waals surface area contributed by atoms with Crippen LogP contribution in [0.1, 0.15) is 35.3 Å². The highest BCUT2D eigenvalue weighted by atomic mass is 32.2. The molecular formula is C22H26N4O3S. The molecule has 0 aliphatic rings. The van der Waals surface area contributed by atoms with Gasteiger partial charge in [0.15, 0.2) is 0 Å². The number of hydrogen-bond acceptors (Lipinski definition) is 4. The zero-order valence-corrected chi connectivity index (χ0v) is 18.1. The molecule has 1 amide bonds. The van der Waals surface area contributed by atoms with Gasteiger partial charge in [0.1, 0.15) is 0 Å². The minimum atomic E-state index is -3.65.